The number of H-pyrrole nitrogens is 1. The average molecular weight is 347 g/mol. The molecule has 0 radical (unpaired) electrons. The summed E-state index contributed by atoms with van der Waals surface area (Å²) in [7, 11) is 0. The summed E-state index contributed by atoms with van der Waals surface area (Å²) in [4.78, 5) is 30.6. The molecule has 1 aliphatic heterocycles. The summed E-state index contributed by atoms with van der Waals surface area (Å²) in [5.74, 6) is 0.868. The van der Waals surface area contributed by atoms with Gasteiger partial charge in [0, 0.05) is 49.2 Å². The van der Waals surface area contributed by atoms with Crippen LogP contribution in [0.2, 0.25) is 0 Å². The Morgan fingerprint density at radius 1 is 1.15 bits per heavy atom. The molecular weight excluding hydrogens is 326 g/mol. The SMILES string of the molecule is O=c1cc([C@H]2CCCN(Cc3ccccn3)C2)nc(-c2ccncc2)[nH]1. The van der Waals surface area contributed by atoms with E-state index >= 15 is 0 Å². The maximum absolute atomic E-state index is 12.2. The third-order valence-corrected chi connectivity index (χ3v) is 4.75. The van der Waals surface area contributed by atoms with Crippen LogP contribution in [-0.4, -0.2) is 37.9 Å². The maximum Gasteiger partial charge on any atom is 0.251 e. The van der Waals surface area contributed by atoms with Gasteiger partial charge in [0.1, 0.15) is 5.82 Å². The van der Waals surface area contributed by atoms with E-state index < -0.39 is 0 Å². The maximum atomic E-state index is 12.2. The molecule has 1 aliphatic rings. The summed E-state index contributed by atoms with van der Waals surface area (Å²) in [6.45, 7) is 2.77. The number of pyridine rings is 2. The Bertz CT molecular complexity index is 910. The van der Waals surface area contributed by atoms with Crippen LogP contribution in [0.25, 0.3) is 11.4 Å². The molecule has 4 rings (SSSR count). The second-order valence-corrected chi connectivity index (χ2v) is 6.65. The molecule has 26 heavy (non-hydrogen) atoms. The minimum Gasteiger partial charge on any atom is -0.307 e. The highest BCUT2D eigenvalue weighted by molar-refractivity contribution is 5.53. The lowest BCUT2D eigenvalue weighted by Crippen LogP contribution is -2.34. The van der Waals surface area contributed by atoms with Crippen molar-refractivity contribution < 1.29 is 0 Å². The van der Waals surface area contributed by atoms with E-state index in [9.17, 15) is 4.79 Å². The number of likely N-dealkylation sites (tertiary alicyclic amines) is 1. The van der Waals surface area contributed by atoms with E-state index in [1.165, 1.54) is 0 Å². The zero-order chi connectivity index (χ0) is 17.8. The van der Waals surface area contributed by atoms with Crippen molar-refractivity contribution in [1.29, 1.82) is 0 Å². The third kappa shape index (κ3) is 3.86. The summed E-state index contributed by atoms with van der Waals surface area (Å²) in [6.07, 6.45) is 7.38. The largest absolute Gasteiger partial charge is 0.307 e. The molecule has 0 aromatic carbocycles. The highest BCUT2D eigenvalue weighted by atomic mass is 16.1. The Kier molecular flexibility index (Phi) is 4.84. The standard InChI is InChI=1S/C20H21N5O/c26-19-12-18(23-20(24-19)15-6-9-21-10-7-15)16-4-3-11-25(13-16)14-17-5-1-2-8-22-17/h1-2,5-10,12,16H,3-4,11,13-14H2,(H,23,24,26)/t16-/m0/s1. The molecule has 0 aliphatic carbocycles. The van der Waals surface area contributed by atoms with Gasteiger partial charge in [0.05, 0.1) is 11.4 Å². The molecule has 0 bridgehead atoms. The molecule has 0 saturated carbocycles. The van der Waals surface area contributed by atoms with Crippen LogP contribution >= 0.6 is 0 Å². The third-order valence-electron chi connectivity index (χ3n) is 4.75. The van der Waals surface area contributed by atoms with Gasteiger partial charge in [-0.25, -0.2) is 4.98 Å². The van der Waals surface area contributed by atoms with Gasteiger partial charge in [0.2, 0.25) is 0 Å². The highest BCUT2D eigenvalue weighted by Gasteiger charge is 2.23. The number of rotatable bonds is 4. The van der Waals surface area contributed by atoms with Gasteiger partial charge in [-0.15, -0.1) is 0 Å². The zero-order valence-electron chi connectivity index (χ0n) is 14.5. The van der Waals surface area contributed by atoms with Crippen LogP contribution in [0, 0.1) is 0 Å². The molecule has 6 nitrogen and oxygen atoms in total. The smallest absolute Gasteiger partial charge is 0.251 e. The second-order valence-electron chi connectivity index (χ2n) is 6.65. The predicted molar refractivity (Wildman–Crippen MR) is 99.6 cm³/mol. The predicted octanol–water partition coefficient (Wildman–Crippen LogP) is 2.61. The van der Waals surface area contributed by atoms with Crippen molar-refractivity contribution in [2.45, 2.75) is 25.3 Å². The first-order chi connectivity index (χ1) is 12.8. The van der Waals surface area contributed by atoms with E-state index in [4.69, 9.17) is 4.98 Å². The van der Waals surface area contributed by atoms with Crippen molar-refractivity contribution >= 4 is 0 Å². The summed E-state index contributed by atoms with van der Waals surface area (Å²) >= 11 is 0. The molecule has 6 heteroatoms. The van der Waals surface area contributed by atoms with E-state index in [-0.39, 0.29) is 11.5 Å². The van der Waals surface area contributed by atoms with Crippen LogP contribution < -0.4 is 5.56 Å². The lowest BCUT2D eigenvalue weighted by Gasteiger charge is -2.32. The molecule has 0 unspecified atom stereocenters. The summed E-state index contributed by atoms with van der Waals surface area (Å²) < 4.78 is 0. The van der Waals surface area contributed by atoms with E-state index in [0.29, 0.717) is 5.82 Å². The molecule has 0 spiro atoms. The highest BCUT2D eigenvalue weighted by Crippen LogP contribution is 2.26. The summed E-state index contributed by atoms with van der Waals surface area (Å²) in [6, 6.07) is 11.4. The number of hydrogen-bond acceptors (Lipinski definition) is 5. The van der Waals surface area contributed by atoms with Crippen LogP contribution in [0.4, 0.5) is 0 Å². The fraction of sp³-hybridized carbons (Fsp3) is 0.300. The Balaban J connectivity index is 1.55. The number of piperidine rings is 1. The van der Waals surface area contributed by atoms with Crippen molar-refractivity contribution in [3.05, 3.63) is 76.7 Å². The molecule has 1 fully saturated rings. The van der Waals surface area contributed by atoms with Crippen LogP contribution in [0.15, 0.2) is 59.8 Å². The first-order valence-corrected chi connectivity index (χ1v) is 8.92. The zero-order valence-corrected chi connectivity index (χ0v) is 14.5. The molecule has 1 atom stereocenters. The van der Waals surface area contributed by atoms with E-state index in [1.807, 2.05) is 30.5 Å². The minimum atomic E-state index is -0.108. The summed E-state index contributed by atoms with van der Waals surface area (Å²) in [5.41, 5.74) is 2.71. The van der Waals surface area contributed by atoms with Crippen molar-refractivity contribution in [2.24, 2.45) is 0 Å². The van der Waals surface area contributed by atoms with Crippen molar-refractivity contribution in [3.63, 3.8) is 0 Å². The van der Waals surface area contributed by atoms with Crippen molar-refractivity contribution in [2.75, 3.05) is 13.1 Å². The number of aromatic nitrogens is 4. The van der Waals surface area contributed by atoms with Crippen molar-refractivity contribution in [3.8, 4) is 11.4 Å². The van der Waals surface area contributed by atoms with Gasteiger partial charge in [-0.3, -0.25) is 19.7 Å². The van der Waals surface area contributed by atoms with Crippen LogP contribution in [-0.2, 0) is 6.54 Å². The Labute approximate surface area is 152 Å². The Morgan fingerprint density at radius 2 is 2.04 bits per heavy atom. The van der Waals surface area contributed by atoms with Crippen LogP contribution in [0.1, 0.15) is 30.1 Å². The van der Waals surface area contributed by atoms with Crippen LogP contribution in [0.5, 0.6) is 0 Å². The first kappa shape index (κ1) is 16.6. The van der Waals surface area contributed by atoms with Gasteiger partial charge in [-0.05, 0) is 43.7 Å². The second kappa shape index (κ2) is 7.58. The lowest BCUT2D eigenvalue weighted by atomic mass is 9.94. The van der Waals surface area contributed by atoms with Crippen molar-refractivity contribution in [1.82, 2.24) is 24.8 Å². The Hall–Kier alpha value is -2.86. The number of aromatic amines is 1. The fourth-order valence-corrected chi connectivity index (χ4v) is 3.49. The molecule has 0 amide bonds. The van der Waals surface area contributed by atoms with Gasteiger partial charge in [-0.1, -0.05) is 6.07 Å². The van der Waals surface area contributed by atoms with E-state index in [0.717, 1.165) is 49.4 Å². The molecule has 1 N–H and O–H groups in total. The van der Waals surface area contributed by atoms with Gasteiger partial charge in [-0.2, -0.15) is 0 Å². The quantitative estimate of drug-likeness (QED) is 0.785. The topological polar surface area (TPSA) is 74.8 Å². The van der Waals surface area contributed by atoms with E-state index in [2.05, 4.69) is 25.9 Å². The molecule has 3 aromatic heterocycles. The monoisotopic (exact) mass is 347 g/mol. The normalized spacial score (nSPS) is 17.9. The van der Waals surface area contributed by atoms with Gasteiger partial charge < -0.3 is 4.98 Å². The minimum absolute atomic E-state index is 0.108. The number of nitrogens with zero attached hydrogens (tertiary/aromatic N) is 4. The first-order valence-electron chi connectivity index (χ1n) is 8.92. The molecule has 3 aromatic rings. The molecule has 1 saturated heterocycles. The molecule has 4 heterocycles. The summed E-state index contributed by atoms with van der Waals surface area (Å²) in [5, 5.41) is 0. The lowest BCUT2D eigenvalue weighted by molar-refractivity contribution is 0.196. The van der Waals surface area contributed by atoms with Gasteiger partial charge >= 0.3 is 0 Å². The molecular formula is C20H21N5O. The van der Waals surface area contributed by atoms with Gasteiger partial charge in [0.25, 0.3) is 5.56 Å². The average Bonchev–Trinajstić information content (AvgIpc) is 2.69. The van der Waals surface area contributed by atoms with Crippen LogP contribution in [0.3, 0.4) is 0 Å². The number of hydrogen-bond donors (Lipinski definition) is 1. The van der Waals surface area contributed by atoms with E-state index in [1.54, 1.807) is 18.5 Å². The number of nitrogens with one attached hydrogen (secondary N) is 1. The molecule has 132 valence electrons. The van der Waals surface area contributed by atoms with Gasteiger partial charge in [0.15, 0.2) is 0 Å². The Morgan fingerprint density at radius 3 is 2.85 bits per heavy atom. The fourth-order valence-electron chi connectivity index (χ4n) is 3.49.